The average molecular weight is 410 g/mol. The molecule has 0 atom stereocenters. The Balaban J connectivity index is 1.38. The second-order valence-electron chi connectivity index (χ2n) is 7.06. The zero-order valence-corrected chi connectivity index (χ0v) is 16.8. The molecule has 0 aliphatic carbocycles. The zero-order chi connectivity index (χ0) is 20.3. The third kappa shape index (κ3) is 4.26. The van der Waals surface area contributed by atoms with E-state index < -0.39 is 10.0 Å². The minimum atomic E-state index is -3.42. The van der Waals surface area contributed by atoms with E-state index in [0.717, 1.165) is 29.3 Å². The Morgan fingerprint density at radius 2 is 1.59 bits per heavy atom. The summed E-state index contributed by atoms with van der Waals surface area (Å²) in [6.07, 6.45) is 1.81. The van der Waals surface area contributed by atoms with E-state index in [0.29, 0.717) is 18.8 Å². The summed E-state index contributed by atoms with van der Waals surface area (Å²) in [5.74, 6) is -0.171. The first-order chi connectivity index (χ1) is 14.0. The molecule has 1 aliphatic heterocycles. The molecular formula is C22H23N3O3S. The predicted octanol–water partition coefficient (Wildman–Crippen LogP) is 3.67. The second-order valence-corrected chi connectivity index (χ2v) is 9.00. The van der Waals surface area contributed by atoms with Crippen LogP contribution in [-0.2, 0) is 14.8 Å². The van der Waals surface area contributed by atoms with Gasteiger partial charge in [-0.1, -0.05) is 36.4 Å². The minimum Gasteiger partial charge on any atom is -0.376 e. The van der Waals surface area contributed by atoms with Gasteiger partial charge >= 0.3 is 0 Å². The van der Waals surface area contributed by atoms with Crippen LogP contribution in [0.25, 0.3) is 10.8 Å². The molecule has 2 N–H and O–H groups in total. The Labute approximate surface area is 170 Å². The average Bonchev–Trinajstić information content (AvgIpc) is 3.29. The van der Waals surface area contributed by atoms with Crippen molar-refractivity contribution in [2.45, 2.75) is 17.7 Å². The Bertz CT molecular complexity index is 1120. The number of nitrogens with one attached hydrogen (secondary N) is 2. The molecule has 1 saturated heterocycles. The number of benzene rings is 3. The Hall–Kier alpha value is -2.90. The van der Waals surface area contributed by atoms with E-state index >= 15 is 0 Å². The Morgan fingerprint density at radius 1 is 0.897 bits per heavy atom. The highest BCUT2D eigenvalue weighted by Crippen LogP contribution is 2.24. The van der Waals surface area contributed by atoms with Crippen molar-refractivity contribution in [1.29, 1.82) is 0 Å². The molecule has 3 aromatic rings. The van der Waals surface area contributed by atoms with E-state index in [9.17, 15) is 13.2 Å². The van der Waals surface area contributed by atoms with Crippen LogP contribution in [0.4, 0.5) is 11.4 Å². The summed E-state index contributed by atoms with van der Waals surface area (Å²) in [4.78, 5) is 12.6. The van der Waals surface area contributed by atoms with Gasteiger partial charge in [0.15, 0.2) is 0 Å². The molecule has 1 heterocycles. The SMILES string of the molecule is O=C(CNc1ccc(S(=O)(=O)N2CCCC2)cc1)Nc1cccc2ccccc12. The number of hydrogen-bond acceptors (Lipinski definition) is 4. The highest BCUT2D eigenvalue weighted by molar-refractivity contribution is 7.89. The number of carbonyl (C=O) groups excluding carboxylic acids is 1. The largest absolute Gasteiger partial charge is 0.376 e. The number of hydrogen-bond donors (Lipinski definition) is 2. The maximum Gasteiger partial charge on any atom is 0.243 e. The van der Waals surface area contributed by atoms with Crippen LogP contribution < -0.4 is 10.6 Å². The van der Waals surface area contributed by atoms with Crippen molar-refractivity contribution in [3.63, 3.8) is 0 Å². The summed E-state index contributed by atoms with van der Waals surface area (Å²) in [5.41, 5.74) is 1.46. The van der Waals surface area contributed by atoms with Crippen LogP contribution in [0.15, 0.2) is 71.6 Å². The number of sulfonamides is 1. The summed E-state index contributed by atoms with van der Waals surface area (Å²) in [6, 6.07) is 20.2. The summed E-state index contributed by atoms with van der Waals surface area (Å²) in [5, 5.41) is 8.01. The highest BCUT2D eigenvalue weighted by Gasteiger charge is 2.26. The van der Waals surface area contributed by atoms with Crippen LogP contribution in [0, 0.1) is 0 Å². The lowest BCUT2D eigenvalue weighted by Crippen LogP contribution is -2.27. The molecule has 0 bridgehead atoms. The summed E-state index contributed by atoms with van der Waals surface area (Å²) < 4.78 is 26.6. The van der Waals surface area contributed by atoms with Crippen LogP contribution in [0.3, 0.4) is 0 Å². The smallest absolute Gasteiger partial charge is 0.243 e. The predicted molar refractivity (Wildman–Crippen MR) is 116 cm³/mol. The van der Waals surface area contributed by atoms with Gasteiger partial charge in [0.25, 0.3) is 0 Å². The van der Waals surface area contributed by atoms with Crippen molar-refractivity contribution >= 4 is 38.1 Å². The van der Waals surface area contributed by atoms with E-state index in [1.54, 1.807) is 24.3 Å². The van der Waals surface area contributed by atoms with E-state index in [2.05, 4.69) is 10.6 Å². The molecule has 7 heteroatoms. The zero-order valence-electron chi connectivity index (χ0n) is 16.0. The molecule has 0 spiro atoms. The van der Waals surface area contributed by atoms with Gasteiger partial charge in [-0.05, 0) is 48.6 Å². The molecule has 150 valence electrons. The summed E-state index contributed by atoms with van der Waals surface area (Å²) in [6.45, 7) is 1.24. The van der Waals surface area contributed by atoms with Crippen molar-refractivity contribution in [2.75, 3.05) is 30.3 Å². The van der Waals surface area contributed by atoms with Crippen LogP contribution in [0.5, 0.6) is 0 Å². The summed E-state index contributed by atoms with van der Waals surface area (Å²) >= 11 is 0. The lowest BCUT2D eigenvalue weighted by Gasteiger charge is -2.16. The molecule has 0 radical (unpaired) electrons. The molecule has 1 aliphatic rings. The van der Waals surface area contributed by atoms with Gasteiger partial charge in [0.2, 0.25) is 15.9 Å². The standard InChI is InChI=1S/C22H23N3O3S/c26-22(24-21-9-5-7-17-6-1-2-8-20(17)21)16-23-18-10-12-19(13-11-18)29(27,28)25-14-3-4-15-25/h1-2,5-13,23H,3-4,14-16H2,(H,24,26). The molecule has 0 saturated carbocycles. The van der Waals surface area contributed by atoms with E-state index in [1.165, 1.54) is 4.31 Å². The number of carbonyl (C=O) groups is 1. The fourth-order valence-electron chi connectivity index (χ4n) is 3.53. The highest BCUT2D eigenvalue weighted by atomic mass is 32.2. The number of rotatable bonds is 6. The summed E-state index contributed by atoms with van der Waals surface area (Å²) in [7, 11) is -3.42. The second kappa shape index (κ2) is 8.23. The molecule has 29 heavy (non-hydrogen) atoms. The van der Waals surface area contributed by atoms with Crippen LogP contribution >= 0.6 is 0 Å². The van der Waals surface area contributed by atoms with Gasteiger partial charge in [0.05, 0.1) is 11.4 Å². The number of nitrogens with zero attached hydrogens (tertiary/aromatic N) is 1. The molecular weight excluding hydrogens is 386 g/mol. The number of anilines is 2. The first-order valence-corrected chi connectivity index (χ1v) is 11.1. The van der Waals surface area contributed by atoms with Crippen molar-refractivity contribution in [3.8, 4) is 0 Å². The van der Waals surface area contributed by atoms with Gasteiger partial charge in [-0.3, -0.25) is 4.79 Å². The number of amides is 1. The van der Waals surface area contributed by atoms with Crippen LogP contribution in [0.2, 0.25) is 0 Å². The van der Waals surface area contributed by atoms with Gasteiger partial charge in [-0.15, -0.1) is 0 Å². The molecule has 3 aromatic carbocycles. The first-order valence-electron chi connectivity index (χ1n) is 9.66. The number of fused-ring (bicyclic) bond motifs is 1. The van der Waals surface area contributed by atoms with E-state index in [-0.39, 0.29) is 17.3 Å². The van der Waals surface area contributed by atoms with Gasteiger partial charge in [0, 0.05) is 29.9 Å². The minimum absolute atomic E-state index is 0.0848. The molecule has 0 unspecified atom stereocenters. The molecule has 1 amide bonds. The van der Waals surface area contributed by atoms with Crippen LogP contribution in [-0.4, -0.2) is 38.3 Å². The Kier molecular flexibility index (Phi) is 5.51. The molecule has 4 rings (SSSR count). The lowest BCUT2D eigenvalue weighted by molar-refractivity contribution is -0.114. The van der Waals surface area contributed by atoms with Gasteiger partial charge in [0.1, 0.15) is 0 Å². The molecule has 6 nitrogen and oxygen atoms in total. The fourth-order valence-corrected chi connectivity index (χ4v) is 5.05. The molecule has 1 fully saturated rings. The quantitative estimate of drug-likeness (QED) is 0.651. The van der Waals surface area contributed by atoms with Crippen molar-refractivity contribution in [3.05, 3.63) is 66.7 Å². The van der Waals surface area contributed by atoms with E-state index in [4.69, 9.17) is 0 Å². The van der Waals surface area contributed by atoms with Crippen molar-refractivity contribution < 1.29 is 13.2 Å². The van der Waals surface area contributed by atoms with Gasteiger partial charge in [-0.25, -0.2) is 8.42 Å². The van der Waals surface area contributed by atoms with Gasteiger partial charge < -0.3 is 10.6 Å². The lowest BCUT2D eigenvalue weighted by atomic mass is 10.1. The normalized spacial score (nSPS) is 14.8. The van der Waals surface area contributed by atoms with Crippen molar-refractivity contribution in [2.24, 2.45) is 0 Å². The van der Waals surface area contributed by atoms with E-state index in [1.807, 2.05) is 42.5 Å². The van der Waals surface area contributed by atoms with Crippen LogP contribution in [0.1, 0.15) is 12.8 Å². The Morgan fingerprint density at radius 3 is 2.34 bits per heavy atom. The monoisotopic (exact) mass is 409 g/mol. The van der Waals surface area contributed by atoms with Crippen molar-refractivity contribution in [1.82, 2.24) is 4.31 Å². The maximum atomic E-state index is 12.6. The van der Waals surface area contributed by atoms with Gasteiger partial charge in [-0.2, -0.15) is 4.31 Å². The fraction of sp³-hybridized carbons (Fsp3) is 0.227. The third-order valence-corrected chi connectivity index (χ3v) is 6.99. The maximum absolute atomic E-state index is 12.6. The third-order valence-electron chi connectivity index (χ3n) is 5.07. The first kappa shape index (κ1) is 19.4. The molecule has 0 aromatic heterocycles. The topological polar surface area (TPSA) is 78.5 Å².